The lowest BCUT2D eigenvalue weighted by atomic mass is 9.52. The third-order valence-corrected chi connectivity index (χ3v) is 5.10. The minimum atomic E-state index is -1.35. The molecular formula is C14H19BO2. The van der Waals surface area contributed by atoms with Gasteiger partial charge in [-0.2, -0.15) is 0 Å². The Bertz CT molecular complexity index is 459. The maximum absolute atomic E-state index is 9.30. The number of hydrogen-bond donors (Lipinski definition) is 2. The molecule has 3 aliphatic carbocycles. The summed E-state index contributed by atoms with van der Waals surface area (Å²) in [5.41, 5.74) is 3.97. The molecule has 3 heteroatoms. The predicted molar refractivity (Wildman–Crippen MR) is 69.4 cm³/mol. The highest BCUT2D eigenvalue weighted by molar-refractivity contribution is 6.58. The van der Waals surface area contributed by atoms with E-state index in [1.807, 2.05) is 12.1 Å². The normalized spacial score (nSPS) is 34.6. The molecule has 0 spiro atoms. The summed E-state index contributed by atoms with van der Waals surface area (Å²) >= 11 is 0. The van der Waals surface area contributed by atoms with Crippen LogP contribution in [0.2, 0.25) is 0 Å². The van der Waals surface area contributed by atoms with Crippen LogP contribution in [0.15, 0.2) is 18.2 Å². The highest BCUT2D eigenvalue weighted by Gasteiger charge is 2.47. The van der Waals surface area contributed by atoms with Crippen molar-refractivity contribution < 1.29 is 10.0 Å². The molecule has 0 saturated heterocycles. The monoisotopic (exact) mass is 230 g/mol. The molecule has 0 amide bonds. The van der Waals surface area contributed by atoms with E-state index >= 15 is 0 Å². The van der Waals surface area contributed by atoms with Crippen molar-refractivity contribution in [2.24, 2.45) is 0 Å². The topological polar surface area (TPSA) is 40.5 Å². The van der Waals surface area contributed by atoms with E-state index in [0.29, 0.717) is 10.9 Å². The van der Waals surface area contributed by atoms with Crippen molar-refractivity contribution in [2.45, 2.75) is 50.4 Å². The molecule has 2 bridgehead atoms. The van der Waals surface area contributed by atoms with E-state index in [1.54, 1.807) is 0 Å². The van der Waals surface area contributed by atoms with Gasteiger partial charge in [-0.1, -0.05) is 32.0 Å². The van der Waals surface area contributed by atoms with Crippen LogP contribution in [0.5, 0.6) is 0 Å². The zero-order valence-corrected chi connectivity index (χ0v) is 10.5. The van der Waals surface area contributed by atoms with Gasteiger partial charge in [0.2, 0.25) is 0 Å². The van der Waals surface area contributed by atoms with Crippen molar-refractivity contribution in [3.8, 4) is 0 Å². The zero-order valence-electron chi connectivity index (χ0n) is 10.5. The molecule has 0 aromatic heterocycles. The number of benzene rings is 1. The van der Waals surface area contributed by atoms with Gasteiger partial charge < -0.3 is 10.0 Å². The molecule has 0 radical (unpaired) electrons. The summed E-state index contributed by atoms with van der Waals surface area (Å²) in [6, 6.07) is 5.98. The predicted octanol–water partition coefficient (Wildman–Crippen LogP) is 1.47. The first-order chi connectivity index (χ1) is 7.95. The molecule has 1 aromatic carbocycles. The Morgan fingerprint density at radius 2 is 1.47 bits per heavy atom. The van der Waals surface area contributed by atoms with Crippen molar-refractivity contribution in [3.05, 3.63) is 29.3 Å². The fraction of sp³-hybridized carbons (Fsp3) is 0.571. The van der Waals surface area contributed by atoms with Crippen molar-refractivity contribution in [1.29, 1.82) is 0 Å². The van der Waals surface area contributed by atoms with Crippen LogP contribution in [0.3, 0.4) is 0 Å². The van der Waals surface area contributed by atoms with Crippen molar-refractivity contribution in [3.63, 3.8) is 0 Å². The van der Waals surface area contributed by atoms with Crippen LogP contribution in [-0.2, 0) is 10.8 Å². The lowest BCUT2D eigenvalue weighted by Crippen LogP contribution is -2.45. The minimum Gasteiger partial charge on any atom is -0.423 e. The largest absolute Gasteiger partial charge is 0.488 e. The third kappa shape index (κ3) is 1.49. The van der Waals surface area contributed by atoms with Crippen molar-refractivity contribution in [2.75, 3.05) is 0 Å². The Kier molecular flexibility index (Phi) is 2.24. The standard InChI is InChI=1S/C14H19BO2/c1-13-5-7-14(2,8-6-13)12-9-10(15(16)17)3-4-11(12)13/h3-4,9,16-17H,5-8H2,1-2H3. The van der Waals surface area contributed by atoms with Crippen LogP contribution in [0, 0.1) is 0 Å². The van der Waals surface area contributed by atoms with Gasteiger partial charge in [0, 0.05) is 0 Å². The molecule has 1 aromatic rings. The molecule has 17 heavy (non-hydrogen) atoms. The van der Waals surface area contributed by atoms with Crippen LogP contribution in [0.4, 0.5) is 0 Å². The van der Waals surface area contributed by atoms with Crippen LogP contribution < -0.4 is 5.46 Å². The molecule has 4 rings (SSSR count). The summed E-state index contributed by atoms with van der Waals surface area (Å²) in [6.45, 7) is 4.66. The van der Waals surface area contributed by atoms with Gasteiger partial charge in [-0.05, 0) is 53.1 Å². The average Bonchev–Trinajstić information content (AvgIpc) is 2.32. The van der Waals surface area contributed by atoms with Crippen LogP contribution >= 0.6 is 0 Å². The van der Waals surface area contributed by atoms with E-state index in [1.165, 1.54) is 36.8 Å². The van der Waals surface area contributed by atoms with Gasteiger partial charge in [0.05, 0.1) is 0 Å². The highest BCUT2D eigenvalue weighted by atomic mass is 16.4. The Morgan fingerprint density at radius 3 is 2.00 bits per heavy atom. The van der Waals surface area contributed by atoms with E-state index < -0.39 is 7.12 Å². The van der Waals surface area contributed by atoms with Crippen LogP contribution in [0.25, 0.3) is 0 Å². The Balaban J connectivity index is 2.19. The maximum Gasteiger partial charge on any atom is 0.488 e. The summed E-state index contributed by atoms with van der Waals surface area (Å²) in [5, 5.41) is 18.6. The van der Waals surface area contributed by atoms with Gasteiger partial charge in [-0.25, -0.2) is 0 Å². The Hall–Kier alpha value is -0.795. The van der Waals surface area contributed by atoms with Crippen molar-refractivity contribution >= 4 is 12.6 Å². The highest BCUT2D eigenvalue weighted by Crippen LogP contribution is 2.55. The summed E-state index contributed by atoms with van der Waals surface area (Å²) in [4.78, 5) is 0. The quantitative estimate of drug-likeness (QED) is 0.717. The molecule has 1 fully saturated rings. The summed E-state index contributed by atoms with van der Waals surface area (Å²) in [7, 11) is -1.35. The number of fused-ring (bicyclic) bond motifs is 2. The molecule has 90 valence electrons. The Labute approximate surface area is 103 Å². The third-order valence-electron chi connectivity index (χ3n) is 5.10. The van der Waals surface area contributed by atoms with E-state index in [0.717, 1.165) is 0 Å². The van der Waals surface area contributed by atoms with Gasteiger partial charge in [0.15, 0.2) is 0 Å². The summed E-state index contributed by atoms with van der Waals surface area (Å²) < 4.78 is 0. The first kappa shape index (κ1) is 11.3. The van der Waals surface area contributed by atoms with Gasteiger partial charge in [-0.15, -0.1) is 0 Å². The number of hydrogen-bond acceptors (Lipinski definition) is 2. The smallest absolute Gasteiger partial charge is 0.423 e. The molecular weight excluding hydrogens is 211 g/mol. The molecule has 2 nitrogen and oxygen atoms in total. The van der Waals surface area contributed by atoms with Gasteiger partial charge in [-0.3, -0.25) is 0 Å². The second-order valence-corrected chi connectivity index (χ2v) is 6.30. The molecule has 2 N–H and O–H groups in total. The van der Waals surface area contributed by atoms with Crippen molar-refractivity contribution in [1.82, 2.24) is 0 Å². The van der Waals surface area contributed by atoms with Gasteiger partial charge in [0.1, 0.15) is 0 Å². The van der Waals surface area contributed by atoms with E-state index in [9.17, 15) is 10.0 Å². The van der Waals surface area contributed by atoms with E-state index in [-0.39, 0.29) is 5.41 Å². The molecule has 0 aliphatic heterocycles. The van der Waals surface area contributed by atoms with Crippen LogP contribution in [0.1, 0.15) is 50.7 Å². The molecule has 0 heterocycles. The molecule has 0 unspecified atom stereocenters. The minimum absolute atomic E-state index is 0.248. The fourth-order valence-electron chi connectivity index (χ4n) is 3.64. The summed E-state index contributed by atoms with van der Waals surface area (Å²) in [5.74, 6) is 0. The van der Waals surface area contributed by atoms with E-state index in [4.69, 9.17) is 0 Å². The fourth-order valence-corrected chi connectivity index (χ4v) is 3.64. The lowest BCUT2D eigenvalue weighted by molar-refractivity contribution is 0.188. The van der Waals surface area contributed by atoms with Gasteiger partial charge in [0.25, 0.3) is 0 Å². The average molecular weight is 230 g/mol. The summed E-state index contributed by atoms with van der Waals surface area (Å²) in [6.07, 6.45) is 4.97. The first-order valence-electron chi connectivity index (χ1n) is 6.46. The molecule has 0 atom stereocenters. The number of rotatable bonds is 1. The Morgan fingerprint density at radius 1 is 0.941 bits per heavy atom. The SMILES string of the molecule is CC12CCC(C)(CC1)c1cc(B(O)O)ccc12. The van der Waals surface area contributed by atoms with E-state index in [2.05, 4.69) is 19.9 Å². The molecule has 3 aliphatic rings. The zero-order chi connectivity index (χ0) is 12.3. The first-order valence-corrected chi connectivity index (χ1v) is 6.46. The lowest BCUT2D eigenvalue weighted by Gasteiger charge is -2.52. The molecule has 1 saturated carbocycles. The second kappa shape index (κ2) is 3.36. The van der Waals surface area contributed by atoms with Gasteiger partial charge >= 0.3 is 7.12 Å². The second-order valence-electron chi connectivity index (χ2n) is 6.30. The van der Waals surface area contributed by atoms with Crippen LogP contribution in [-0.4, -0.2) is 17.2 Å². The maximum atomic E-state index is 9.30.